The zero-order valence-corrected chi connectivity index (χ0v) is 29.1. The number of nitrogens with zero attached hydrogens (tertiary/aromatic N) is 3. The fraction of sp³-hybridized carbons (Fsp3) is 0.156. The number of hydrogen-bond donors (Lipinski definition) is 1. The highest BCUT2D eigenvalue weighted by molar-refractivity contribution is 6.31. The van der Waals surface area contributed by atoms with Crippen molar-refractivity contribution < 1.29 is 19.4 Å². The Morgan fingerprint density at radius 3 is 2.07 bits per heavy atom. The molecule has 0 saturated heterocycles. The first kappa shape index (κ1) is 33.1. The number of allylic oxidation sites excluding steroid dienone is 4. The van der Waals surface area contributed by atoms with E-state index in [1.165, 1.54) is 21.5 Å². The molecule has 0 radical (unpaired) electrons. The Labute approximate surface area is 310 Å². The molecule has 0 amide bonds. The number of hydrogen-bond acceptors (Lipinski definition) is 6. The maximum atomic E-state index is 15.2. The summed E-state index contributed by atoms with van der Waals surface area (Å²) in [5.74, 6) is -2.07. The van der Waals surface area contributed by atoms with Gasteiger partial charge in [0.05, 0.1) is 23.7 Å². The molecule has 1 aromatic heterocycles. The van der Waals surface area contributed by atoms with E-state index in [1.54, 1.807) is 48.5 Å². The Morgan fingerprint density at radius 2 is 1.39 bits per heavy atom. The number of aromatic nitrogens is 3. The van der Waals surface area contributed by atoms with E-state index in [-0.39, 0.29) is 36.9 Å². The Kier molecular flexibility index (Phi) is 8.00. The third-order valence-electron chi connectivity index (χ3n) is 11.2. The Bertz CT molecular complexity index is 2600. The summed E-state index contributed by atoms with van der Waals surface area (Å²) >= 11 is 0. The Balaban J connectivity index is 1.27. The second-order valence-electron chi connectivity index (χ2n) is 14.0. The third-order valence-corrected chi connectivity index (χ3v) is 11.2. The molecule has 0 unspecified atom stereocenters. The minimum Gasteiger partial charge on any atom is -0.508 e. The van der Waals surface area contributed by atoms with Gasteiger partial charge >= 0.3 is 11.4 Å². The molecule has 0 spiro atoms. The first-order valence-electron chi connectivity index (χ1n) is 18.0. The average Bonchev–Trinajstić information content (AvgIpc) is 3.48. The number of phenols is 1. The molecular weight excluding hydrogens is 679 g/mol. The fourth-order valence-electron chi connectivity index (χ4n) is 8.88. The quantitative estimate of drug-likeness (QED) is 0.188. The van der Waals surface area contributed by atoms with Gasteiger partial charge in [0.25, 0.3) is 0 Å². The molecule has 266 valence electrons. The van der Waals surface area contributed by atoms with E-state index in [9.17, 15) is 14.7 Å². The zero-order chi connectivity index (χ0) is 37.0. The third kappa shape index (κ3) is 5.07. The number of carbonyl (C=O) groups is 2. The highest BCUT2D eigenvalue weighted by Gasteiger charge is 2.63. The van der Waals surface area contributed by atoms with Crippen LogP contribution in [-0.2, 0) is 28.2 Å². The van der Waals surface area contributed by atoms with Gasteiger partial charge in [-0.15, -0.1) is 0 Å². The van der Waals surface area contributed by atoms with Crippen LogP contribution >= 0.6 is 0 Å². The maximum Gasteiger partial charge on any atom is 0.352 e. The van der Waals surface area contributed by atoms with Crippen molar-refractivity contribution in [1.82, 2.24) is 13.9 Å². The molecule has 9 heteroatoms. The van der Waals surface area contributed by atoms with E-state index in [2.05, 4.69) is 0 Å². The van der Waals surface area contributed by atoms with Crippen molar-refractivity contribution in [3.63, 3.8) is 0 Å². The van der Waals surface area contributed by atoms with Crippen LogP contribution in [-0.4, -0.2) is 30.6 Å². The summed E-state index contributed by atoms with van der Waals surface area (Å²) in [6.45, 7) is 0.337. The summed E-state index contributed by atoms with van der Waals surface area (Å²) in [6.07, 6.45) is 3.42. The summed E-state index contributed by atoms with van der Waals surface area (Å²) < 4.78 is 10.1. The van der Waals surface area contributed by atoms with Gasteiger partial charge in [-0.05, 0) is 53.0 Å². The van der Waals surface area contributed by atoms with Crippen molar-refractivity contribution in [1.29, 1.82) is 0 Å². The summed E-state index contributed by atoms with van der Waals surface area (Å²) in [5, 5.41) is 12.0. The number of benzene rings is 5. The number of rotatable bonds is 7. The van der Waals surface area contributed by atoms with E-state index >= 15 is 9.59 Å². The van der Waals surface area contributed by atoms with E-state index < -0.39 is 34.7 Å². The minimum absolute atomic E-state index is 0.0536. The standard InChI is InChI=1S/C45H35N3O6/c49-39-25-33(54-28-29-13-5-1-6-14-29)21-22-35(39)41-34-23-24-46-43(52)47(32-19-11-4-12-20-32)44(53)48(46)38(34)27-37-42(51)36(30-15-7-2-8-16-30)26-40(50)45(37,41)31-17-9-3-10-18-31/h1-23,25-26,37-38,41,49H,24,27-28H2/t37-,38+,41+,45-/m0/s1. The molecule has 9 nitrogen and oxygen atoms in total. The van der Waals surface area contributed by atoms with Crippen LogP contribution in [0.4, 0.5) is 0 Å². The molecule has 4 atom stereocenters. The predicted molar refractivity (Wildman–Crippen MR) is 204 cm³/mol. The van der Waals surface area contributed by atoms with Crippen molar-refractivity contribution >= 4 is 17.1 Å². The molecule has 2 aliphatic carbocycles. The Morgan fingerprint density at radius 1 is 0.741 bits per heavy atom. The lowest BCUT2D eigenvalue weighted by molar-refractivity contribution is -0.133. The highest BCUT2D eigenvalue weighted by atomic mass is 16.5. The largest absolute Gasteiger partial charge is 0.508 e. The predicted octanol–water partition coefficient (Wildman–Crippen LogP) is 6.54. The van der Waals surface area contributed by atoms with Gasteiger partial charge in [-0.25, -0.2) is 23.5 Å². The topological polar surface area (TPSA) is 113 Å². The van der Waals surface area contributed by atoms with Gasteiger partial charge in [0, 0.05) is 29.0 Å². The van der Waals surface area contributed by atoms with Gasteiger partial charge in [0.15, 0.2) is 11.6 Å². The molecule has 1 saturated carbocycles. The summed E-state index contributed by atoms with van der Waals surface area (Å²) in [6, 6.07) is 41.0. The molecule has 9 rings (SSSR count). The number of phenolic OH excluding ortho intramolecular Hbond substituents is 1. The first-order chi connectivity index (χ1) is 26.4. The molecule has 3 aliphatic rings. The smallest absolute Gasteiger partial charge is 0.352 e. The van der Waals surface area contributed by atoms with Gasteiger partial charge in [0.1, 0.15) is 18.1 Å². The van der Waals surface area contributed by atoms with Crippen LogP contribution in [0.15, 0.2) is 167 Å². The van der Waals surface area contributed by atoms with E-state index in [0.29, 0.717) is 39.3 Å². The second kappa shape index (κ2) is 13.0. The first-order valence-corrected chi connectivity index (χ1v) is 18.0. The molecule has 0 bridgehead atoms. The molecule has 54 heavy (non-hydrogen) atoms. The molecular formula is C45H35N3O6. The molecule has 2 heterocycles. The van der Waals surface area contributed by atoms with Crippen molar-refractivity contribution in [2.24, 2.45) is 5.92 Å². The number of ketones is 2. The van der Waals surface area contributed by atoms with Gasteiger partial charge in [0.2, 0.25) is 0 Å². The fourth-order valence-corrected chi connectivity index (χ4v) is 8.88. The molecule has 1 N–H and O–H groups in total. The van der Waals surface area contributed by atoms with Gasteiger partial charge in [-0.2, -0.15) is 0 Å². The summed E-state index contributed by atoms with van der Waals surface area (Å²) in [7, 11) is 0. The molecule has 1 fully saturated rings. The van der Waals surface area contributed by atoms with Crippen molar-refractivity contribution in [2.75, 3.05) is 0 Å². The van der Waals surface area contributed by atoms with E-state index in [0.717, 1.165) is 10.1 Å². The molecule has 6 aromatic rings. The average molecular weight is 714 g/mol. The van der Waals surface area contributed by atoms with Gasteiger partial charge in [-0.1, -0.05) is 121 Å². The number of aromatic hydroxyl groups is 1. The summed E-state index contributed by atoms with van der Waals surface area (Å²) in [5.41, 5.74) is 1.47. The van der Waals surface area contributed by atoms with Crippen LogP contribution in [0.1, 0.15) is 40.6 Å². The van der Waals surface area contributed by atoms with Crippen LogP contribution in [0.3, 0.4) is 0 Å². The SMILES string of the molecule is O=C1C(c2ccccc2)=CC(=O)[C@@]2(c3ccccc3)[C@@H](c3ccc(OCc4ccccc4)cc3O)C3=CCn4c(=O)n(-c5ccccc5)c(=O)n4[C@@H]3C[C@@H]12. The van der Waals surface area contributed by atoms with Crippen LogP contribution in [0.5, 0.6) is 11.5 Å². The maximum absolute atomic E-state index is 15.2. The van der Waals surface area contributed by atoms with Crippen LogP contribution in [0.2, 0.25) is 0 Å². The summed E-state index contributed by atoms with van der Waals surface area (Å²) in [4.78, 5) is 58.7. The monoisotopic (exact) mass is 713 g/mol. The molecule has 1 aliphatic heterocycles. The normalized spacial score (nSPS) is 21.7. The zero-order valence-electron chi connectivity index (χ0n) is 29.1. The van der Waals surface area contributed by atoms with Crippen molar-refractivity contribution in [3.05, 3.63) is 200 Å². The Hall–Kier alpha value is -6.74. The van der Waals surface area contributed by atoms with E-state index in [1.807, 2.05) is 91.0 Å². The van der Waals surface area contributed by atoms with Crippen LogP contribution in [0, 0.1) is 5.92 Å². The van der Waals surface area contributed by atoms with Crippen LogP contribution < -0.4 is 16.1 Å². The minimum atomic E-state index is -1.49. The van der Waals surface area contributed by atoms with Crippen molar-refractivity contribution in [2.45, 2.75) is 36.9 Å². The van der Waals surface area contributed by atoms with Crippen molar-refractivity contribution in [3.8, 4) is 17.2 Å². The number of Topliss-reactive ketones (excluding diaryl/α,β-unsaturated/α-hetero) is 1. The van der Waals surface area contributed by atoms with Gasteiger partial charge in [-0.3, -0.25) is 9.59 Å². The number of fused-ring (bicyclic) bond motifs is 4. The number of para-hydroxylation sites is 1. The number of carbonyl (C=O) groups excluding carboxylic acids is 2. The number of ether oxygens (including phenoxy) is 1. The second-order valence-corrected chi connectivity index (χ2v) is 14.0. The lowest BCUT2D eigenvalue weighted by Gasteiger charge is -2.54. The van der Waals surface area contributed by atoms with Crippen LogP contribution in [0.25, 0.3) is 11.3 Å². The molecule has 5 aromatic carbocycles. The van der Waals surface area contributed by atoms with E-state index in [4.69, 9.17) is 4.74 Å². The lowest BCUT2D eigenvalue weighted by Crippen LogP contribution is -2.58. The van der Waals surface area contributed by atoms with Gasteiger partial charge < -0.3 is 9.84 Å². The lowest BCUT2D eigenvalue weighted by atomic mass is 9.47. The highest BCUT2D eigenvalue weighted by Crippen LogP contribution is 2.62.